The van der Waals surface area contributed by atoms with Gasteiger partial charge < -0.3 is 30.0 Å². The maximum atomic E-state index is 13.6. The van der Waals surface area contributed by atoms with E-state index in [4.69, 9.17) is 14.0 Å². The number of ether oxygens (including phenoxy) is 1. The summed E-state index contributed by atoms with van der Waals surface area (Å²) in [4.78, 5) is 38.6. The standard InChI is InChI=1S/C29H52BN3O6/c1-10-11-12-13-24(34)31-17-20(32-26(36)37-27(4,5)6)25(35)33-23(14-18(2)3)30-38-22-16-19-15-21(28(19,7)8)29(22,9)39-30/h18-23H,10-17H2,1-9H3,(H,31,34)(H,32,36)(H,33,35)/t19-,20+,21-,22-,23+,29+/m1/s1. The topological polar surface area (TPSA) is 115 Å². The van der Waals surface area contributed by atoms with E-state index in [1.807, 2.05) is 0 Å². The third-order valence-electron chi connectivity index (χ3n) is 8.87. The molecule has 1 heterocycles. The summed E-state index contributed by atoms with van der Waals surface area (Å²) in [6.07, 6.45) is 5.20. The minimum absolute atomic E-state index is 0.00364. The first-order valence-electron chi connectivity index (χ1n) is 15.0. The molecule has 3 N–H and O–H groups in total. The van der Waals surface area contributed by atoms with E-state index in [9.17, 15) is 14.4 Å². The van der Waals surface area contributed by atoms with Crippen molar-refractivity contribution in [2.75, 3.05) is 6.54 Å². The lowest BCUT2D eigenvalue weighted by Gasteiger charge is -2.64. The third-order valence-corrected chi connectivity index (χ3v) is 8.87. The molecule has 10 heteroatoms. The highest BCUT2D eigenvalue weighted by Crippen LogP contribution is 2.65. The first-order valence-corrected chi connectivity index (χ1v) is 15.0. The van der Waals surface area contributed by atoms with Crippen molar-refractivity contribution in [2.24, 2.45) is 23.2 Å². The largest absolute Gasteiger partial charge is 0.481 e. The molecule has 1 saturated heterocycles. The summed E-state index contributed by atoms with van der Waals surface area (Å²) in [7, 11) is -0.577. The number of hydrogen-bond acceptors (Lipinski definition) is 6. The van der Waals surface area contributed by atoms with Crippen molar-refractivity contribution in [3.63, 3.8) is 0 Å². The van der Waals surface area contributed by atoms with Crippen LogP contribution in [0.15, 0.2) is 0 Å². The normalized spacial score (nSPS) is 28.7. The van der Waals surface area contributed by atoms with Gasteiger partial charge >= 0.3 is 13.2 Å². The number of carbonyl (C=O) groups excluding carboxylic acids is 3. The van der Waals surface area contributed by atoms with Gasteiger partial charge in [-0.1, -0.05) is 47.5 Å². The summed E-state index contributed by atoms with van der Waals surface area (Å²) in [5, 5.41) is 8.57. The molecule has 0 aromatic carbocycles. The molecule has 0 aromatic heterocycles. The van der Waals surface area contributed by atoms with E-state index in [1.54, 1.807) is 20.8 Å². The summed E-state index contributed by atoms with van der Waals surface area (Å²) in [6.45, 7) is 18.3. The highest BCUT2D eigenvalue weighted by atomic mass is 16.7. The van der Waals surface area contributed by atoms with Crippen molar-refractivity contribution in [1.29, 1.82) is 0 Å². The molecular weight excluding hydrogens is 497 g/mol. The molecule has 9 nitrogen and oxygen atoms in total. The fourth-order valence-electron chi connectivity index (χ4n) is 6.60. The molecule has 39 heavy (non-hydrogen) atoms. The van der Waals surface area contributed by atoms with E-state index in [0.717, 1.165) is 32.1 Å². The van der Waals surface area contributed by atoms with Crippen LogP contribution >= 0.6 is 0 Å². The van der Waals surface area contributed by atoms with Crippen molar-refractivity contribution < 1.29 is 28.4 Å². The number of carbonyl (C=O) groups is 3. The highest BCUT2D eigenvalue weighted by Gasteiger charge is 2.68. The van der Waals surface area contributed by atoms with E-state index < -0.39 is 36.7 Å². The van der Waals surface area contributed by atoms with Gasteiger partial charge in [-0.3, -0.25) is 9.59 Å². The van der Waals surface area contributed by atoms with Gasteiger partial charge in [-0.15, -0.1) is 0 Å². The SMILES string of the molecule is CCCCCC(=O)NC[C@H](NC(=O)OC(C)(C)C)C(=O)N[C@@H](CC(C)C)B1O[C@@H]2C[C@H]3C[C@H](C3(C)C)[C@]2(C)O1. The number of unbranched alkanes of at least 4 members (excludes halogenated alkanes) is 2. The van der Waals surface area contributed by atoms with Crippen LogP contribution in [0.25, 0.3) is 0 Å². The van der Waals surface area contributed by atoms with E-state index in [-0.39, 0.29) is 35.5 Å². The number of hydrogen-bond donors (Lipinski definition) is 3. The first kappa shape index (κ1) is 31.7. The molecule has 6 atom stereocenters. The van der Waals surface area contributed by atoms with Gasteiger partial charge in [0.25, 0.3) is 0 Å². The molecule has 1 aliphatic heterocycles. The molecule has 3 saturated carbocycles. The van der Waals surface area contributed by atoms with Crippen molar-refractivity contribution in [3.8, 4) is 0 Å². The molecule has 4 aliphatic rings. The van der Waals surface area contributed by atoms with Crippen LogP contribution in [0.1, 0.15) is 107 Å². The average molecular weight is 550 g/mol. The highest BCUT2D eigenvalue weighted by molar-refractivity contribution is 6.48. The summed E-state index contributed by atoms with van der Waals surface area (Å²) in [5.41, 5.74) is -0.887. The minimum Gasteiger partial charge on any atom is -0.444 e. The van der Waals surface area contributed by atoms with Gasteiger partial charge in [-0.05, 0) is 76.5 Å². The summed E-state index contributed by atoms with van der Waals surface area (Å²) >= 11 is 0. The third kappa shape index (κ3) is 7.69. The molecule has 0 spiro atoms. The van der Waals surface area contributed by atoms with Crippen LogP contribution in [0.5, 0.6) is 0 Å². The second kappa shape index (κ2) is 12.4. The summed E-state index contributed by atoms with van der Waals surface area (Å²) in [5.74, 6) is 0.370. The lowest BCUT2D eigenvalue weighted by atomic mass is 9.43. The Morgan fingerprint density at radius 3 is 2.36 bits per heavy atom. The van der Waals surface area contributed by atoms with Gasteiger partial charge in [0, 0.05) is 13.0 Å². The number of nitrogens with one attached hydrogen (secondary N) is 3. The molecule has 3 amide bonds. The fraction of sp³-hybridized carbons (Fsp3) is 0.897. The predicted octanol–water partition coefficient (Wildman–Crippen LogP) is 4.37. The number of amides is 3. The van der Waals surface area contributed by atoms with Crippen molar-refractivity contribution in [1.82, 2.24) is 16.0 Å². The van der Waals surface area contributed by atoms with E-state index in [2.05, 4.69) is 57.5 Å². The molecule has 2 bridgehead atoms. The molecule has 0 unspecified atom stereocenters. The van der Waals surface area contributed by atoms with Crippen molar-refractivity contribution in [3.05, 3.63) is 0 Å². The maximum Gasteiger partial charge on any atom is 0.481 e. The Morgan fingerprint density at radius 1 is 1.08 bits per heavy atom. The Kier molecular flexibility index (Phi) is 10.1. The zero-order chi connectivity index (χ0) is 29.2. The fourth-order valence-corrected chi connectivity index (χ4v) is 6.60. The summed E-state index contributed by atoms with van der Waals surface area (Å²) in [6, 6.07) is -1.00. The van der Waals surface area contributed by atoms with Crippen molar-refractivity contribution >= 4 is 25.0 Å². The van der Waals surface area contributed by atoms with Crippen LogP contribution in [0, 0.1) is 23.2 Å². The average Bonchev–Trinajstić information content (AvgIpc) is 3.17. The van der Waals surface area contributed by atoms with Gasteiger partial charge in [0.1, 0.15) is 11.6 Å². The lowest BCUT2D eigenvalue weighted by Crippen LogP contribution is -2.65. The Bertz CT molecular complexity index is 891. The van der Waals surface area contributed by atoms with Gasteiger partial charge in [0.15, 0.2) is 0 Å². The van der Waals surface area contributed by atoms with Gasteiger partial charge in [0.2, 0.25) is 11.8 Å². The number of rotatable bonds is 12. The summed E-state index contributed by atoms with van der Waals surface area (Å²) < 4.78 is 18.5. The number of alkyl carbamates (subject to hydrolysis) is 1. The van der Waals surface area contributed by atoms with E-state index in [1.165, 1.54) is 0 Å². The molecule has 0 aromatic rings. The molecule has 0 radical (unpaired) electrons. The molecule has 3 aliphatic carbocycles. The molecular formula is C29H52BN3O6. The maximum absolute atomic E-state index is 13.6. The van der Waals surface area contributed by atoms with Crippen LogP contribution in [-0.4, -0.2) is 60.9 Å². The second-order valence-corrected chi connectivity index (χ2v) is 14.0. The second-order valence-electron chi connectivity index (χ2n) is 14.0. The Hall–Kier alpha value is -1.81. The zero-order valence-corrected chi connectivity index (χ0v) is 25.6. The smallest absolute Gasteiger partial charge is 0.444 e. The van der Waals surface area contributed by atoms with Crippen LogP contribution in [0.2, 0.25) is 0 Å². The lowest BCUT2D eigenvalue weighted by molar-refractivity contribution is -0.199. The minimum atomic E-state index is -1.00. The Balaban J connectivity index is 1.70. The Labute approximate surface area is 235 Å². The van der Waals surface area contributed by atoms with Crippen LogP contribution in [0.4, 0.5) is 4.79 Å². The zero-order valence-electron chi connectivity index (χ0n) is 25.6. The van der Waals surface area contributed by atoms with Crippen molar-refractivity contribution in [2.45, 2.75) is 137 Å². The predicted molar refractivity (Wildman–Crippen MR) is 152 cm³/mol. The monoisotopic (exact) mass is 549 g/mol. The quantitative estimate of drug-likeness (QED) is 0.246. The Morgan fingerprint density at radius 2 is 1.77 bits per heavy atom. The molecule has 222 valence electrons. The van der Waals surface area contributed by atoms with E-state index in [0.29, 0.717) is 24.7 Å². The first-order chi connectivity index (χ1) is 18.1. The van der Waals surface area contributed by atoms with Gasteiger partial charge in [-0.2, -0.15) is 0 Å². The van der Waals surface area contributed by atoms with Crippen LogP contribution in [0.3, 0.4) is 0 Å². The van der Waals surface area contributed by atoms with Gasteiger partial charge in [0.05, 0.1) is 17.6 Å². The molecule has 4 rings (SSSR count). The van der Waals surface area contributed by atoms with Crippen LogP contribution in [-0.2, 0) is 23.6 Å². The van der Waals surface area contributed by atoms with E-state index >= 15 is 0 Å². The van der Waals surface area contributed by atoms with Crippen LogP contribution < -0.4 is 16.0 Å². The molecule has 4 fully saturated rings. The van der Waals surface area contributed by atoms with Gasteiger partial charge in [-0.25, -0.2) is 4.79 Å².